The molecule has 5 nitrogen and oxygen atoms in total. The second-order valence-corrected chi connectivity index (χ2v) is 5.59. The van der Waals surface area contributed by atoms with E-state index in [1.807, 2.05) is 6.07 Å². The van der Waals surface area contributed by atoms with Crippen LogP contribution in [0.15, 0.2) is 42.5 Å². The Hall–Kier alpha value is -2.40. The number of nitriles is 1. The van der Waals surface area contributed by atoms with Crippen LogP contribution in [-0.4, -0.2) is 11.9 Å². The summed E-state index contributed by atoms with van der Waals surface area (Å²) >= 11 is 2.09. The number of hydrogen-bond donors (Lipinski definition) is 1. The fraction of sp³-hybridized carbons (Fsp3) is 0.0625. The van der Waals surface area contributed by atoms with Gasteiger partial charge >= 0.3 is 5.97 Å². The summed E-state index contributed by atoms with van der Waals surface area (Å²) in [6.45, 7) is 1.27. The summed E-state index contributed by atoms with van der Waals surface area (Å²) in [6.07, 6.45) is 0. The third-order valence-corrected chi connectivity index (χ3v) is 3.41. The first-order chi connectivity index (χ1) is 10.5. The molecule has 110 valence electrons. The number of ether oxygens (including phenoxy) is 1. The van der Waals surface area contributed by atoms with Gasteiger partial charge in [0.05, 0.1) is 16.8 Å². The van der Waals surface area contributed by atoms with Crippen molar-refractivity contribution >= 4 is 40.2 Å². The second-order valence-electron chi connectivity index (χ2n) is 4.35. The van der Waals surface area contributed by atoms with Crippen molar-refractivity contribution in [2.24, 2.45) is 0 Å². The molecule has 0 aromatic heterocycles. The summed E-state index contributed by atoms with van der Waals surface area (Å²) in [4.78, 5) is 23.4. The fourth-order valence-electron chi connectivity index (χ4n) is 1.81. The molecule has 0 saturated carbocycles. The van der Waals surface area contributed by atoms with Crippen molar-refractivity contribution in [1.29, 1.82) is 5.26 Å². The molecular formula is C16H11IN2O3. The molecule has 2 rings (SSSR count). The van der Waals surface area contributed by atoms with E-state index in [9.17, 15) is 9.59 Å². The monoisotopic (exact) mass is 406 g/mol. The maximum Gasteiger partial charge on any atom is 0.308 e. The van der Waals surface area contributed by atoms with Gasteiger partial charge in [0.2, 0.25) is 0 Å². The molecule has 0 atom stereocenters. The van der Waals surface area contributed by atoms with E-state index >= 15 is 0 Å². The lowest BCUT2D eigenvalue weighted by Gasteiger charge is -2.10. The van der Waals surface area contributed by atoms with Gasteiger partial charge in [-0.2, -0.15) is 5.26 Å². The molecule has 0 aliphatic heterocycles. The van der Waals surface area contributed by atoms with Gasteiger partial charge in [-0.3, -0.25) is 9.59 Å². The van der Waals surface area contributed by atoms with Gasteiger partial charge in [0, 0.05) is 10.5 Å². The Bertz CT molecular complexity index is 781. The Morgan fingerprint density at radius 1 is 1.23 bits per heavy atom. The molecule has 6 heteroatoms. The van der Waals surface area contributed by atoms with Gasteiger partial charge in [-0.15, -0.1) is 0 Å². The van der Waals surface area contributed by atoms with Gasteiger partial charge in [-0.1, -0.05) is 12.1 Å². The minimum atomic E-state index is -0.507. The van der Waals surface area contributed by atoms with Crippen LogP contribution in [0.25, 0.3) is 0 Å². The van der Waals surface area contributed by atoms with E-state index in [0.29, 0.717) is 11.3 Å². The summed E-state index contributed by atoms with van der Waals surface area (Å²) in [5.74, 6) is -0.779. The summed E-state index contributed by atoms with van der Waals surface area (Å²) in [5.41, 5.74) is 0.996. The minimum Gasteiger partial charge on any atom is -0.426 e. The van der Waals surface area contributed by atoms with Crippen molar-refractivity contribution in [2.75, 3.05) is 5.32 Å². The van der Waals surface area contributed by atoms with Crippen LogP contribution in [0.2, 0.25) is 0 Å². The third-order valence-electron chi connectivity index (χ3n) is 2.74. The predicted octanol–water partition coefficient (Wildman–Crippen LogP) is 3.34. The summed E-state index contributed by atoms with van der Waals surface area (Å²) < 4.78 is 5.91. The van der Waals surface area contributed by atoms with Gasteiger partial charge in [0.25, 0.3) is 5.91 Å². The van der Waals surface area contributed by atoms with E-state index in [-0.39, 0.29) is 11.3 Å². The molecule has 2 aromatic rings. The molecule has 1 N–H and O–H groups in total. The number of carbonyl (C=O) groups is 2. The first-order valence-electron chi connectivity index (χ1n) is 6.29. The number of hydrogen-bond acceptors (Lipinski definition) is 4. The van der Waals surface area contributed by atoms with Crippen LogP contribution < -0.4 is 10.1 Å². The lowest BCUT2D eigenvalue weighted by molar-refractivity contribution is -0.131. The number of amides is 1. The van der Waals surface area contributed by atoms with Crippen LogP contribution >= 0.6 is 22.6 Å². The van der Waals surface area contributed by atoms with E-state index in [1.165, 1.54) is 13.0 Å². The summed E-state index contributed by atoms with van der Waals surface area (Å²) in [5, 5.41) is 11.8. The van der Waals surface area contributed by atoms with E-state index < -0.39 is 11.9 Å². The van der Waals surface area contributed by atoms with Crippen molar-refractivity contribution < 1.29 is 14.3 Å². The topological polar surface area (TPSA) is 79.2 Å². The van der Waals surface area contributed by atoms with Crippen LogP contribution in [0.5, 0.6) is 5.75 Å². The van der Waals surface area contributed by atoms with Crippen LogP contribution in [0.4, 0.5) is 5.69 Å². The van der Waals surface area contributed by atoms with Crippen molar-refractivity contribution in [3.05, 3.63) is 57.2 Å². The number of rotatable bonds is 3. The zero-order chi connectivity index (χ0) is 16.1. The van der Waals surface area contributed by atoms with Gasteiger partial charge in [0.1, 0.15) is 11.8 Å². The molecule has 0 aliphatic carbocycles. The Labute approximate surface area is 141 Å². The van der Waals surface area contributed by atoms with Crippen LogP contribution in [-0.2, 0) is 4.79 Å². The zero-order valence-electron chi connectivity index (χ0n) is 11.6. The Morgan fingerprint density at radius 2 is 1.95 bits per heavy atom. The lowest BCUT2D eigenvalue weighted by atomic mass is 10.1. The normalized spacial score (nSPS) is 9.68. The van der Waals surface area contributed by atoms with Crippen LogP contribution in [0.1, 0.15) is 22.8 Å². The number of halogens is 1. The van der Waals surface area contributed by atoms with Gasteiger partial charge in [-0.25, -0.2) is 0 Å². The zero-order valence-corrected chi connectivity index (χ0v) is 13.7. The summed E-state index contributed by atoms with van der Waals surface area (Å²) in [7, 11) is 0. The number of nitrogens with one attached hydrogen (secondary N) is 1. The van der Waals surface area contributed by atoms with Gasteiger partial charge in [0.15, 0.2) is 0 Å². The molecule has 22 heavy (non-hydrogen) atoms. The summed E-state index contributed by atoms with van der Waals surface area (Å²) in [6, 6.07) is 13.6. The van der Waals surface area contributed by atoms with Crippen LogP contribution in [0, 0.1) is 14.9 Å². The number of esters is 1. The molecule has 1 amide bonds. The highest BCUT2D eigenvalue weighted by atomic mass is 127. The van der Waals surface area contributed by atoms with E-state index in [0.717, 1.165) is 3.57 Å². The maximum absolute atomic E-state index is 12.4. The predicted molar refractivity (Wildman–Crippen MR) is 89.6 cm³/mol. The van der Waals surface area contributed by atoms with Gasteiger partial charge in [-0.05, 0) is 52.9 Å². The van der Waals surface area contributed by atoms with Crippen molar-refractivity contribution in [3.63, 3.8) is 0 Å². The quantitative estimate of drug-likeness (QED) is 0.482. The number of nitrogens with zero attached hydrogens (tertiary/aromatic N) is 1. The highest BCUT2D eigenvalue weighted by molar-refractivity contribution is 14.1. The fourth-order valence-corrected chi connectivity index (χ4v) is 2.30. The third kappa shape index (κ3) is 3.83. The lowest BCUT2D eigenvalue weighted by Crippen LogP contribution is -2.15. The standard InChI is InChI=1S/C16H11IN2O3/c1-10(20)22-15-5-3-2-4-13(15)16(21)19-14-7-6-12(17)8-11(14)9-18/h2-8H,1H3,(H,19,21). The SMILES string of the molecule is CC(=O)Oc1ccccc1C(=O)Nc1ccc(I)cc1C#N. The smallest absolute Gasteiger partial charge is 0.308 e. The number of benzene rings is 2. The molecule has 0 radical (unpaired) electrons. The Kier molecular flexibility index (Phi) is 5.12. The molecule has 0 unspecified atom stereocenters. The highest BCUT2D eigenvalue weighted by Gasteiger charge is 2.15. The maximum atomic E-state index is 12.4. The molecule has 0 heterocycles. The van der Waals surface area contributed by atoms with Crippen LogP contribution in [0.3, 0.4) is 0 Å². The molecule has 0 fully saturated rings. The van der Waals surface area contributed by atoms with Crippen molar-refractivity contribution in [3.8, 4) is 11.8 Å². The molecule has 2 aromatic carbocycles. The molecule has 0 bridgehead atoms. The first-order valence-corrected chi connectivity index (χ1v) is 7.37. The van der Waals surface area contributed by atoms with E-state index in [2.05, 4.69) is 27.9 Å². The van der Waals surface area contributed by atoms with E-state index in [4.69, 9.17) is 10.00 Å². The molecular weight excluding hydrogens is 395 g/mol. The van der Waals surface area contributed by atoms with Crippen molar-refractivity contribution in [2.45, 2.75) is 6.92 Å². The number of carbonyl (C=O) groups excluding carboxylic acids is 2. The Morgan fingerprint density at radius 3 is 2.64 bits per heavy atom. The van der Waals surface area contributed by atoms with Gasteiger partial charge < -0.3 is 10.1 Å². The average molecular weight is 406 g/mol. The van der Waals surface area contributed by atoms with E-state index in [1.54, 1.807) is 36.4 Å². The second kappa shape index (κ2) is 7.04. The largest absolute Gasteiger partial charge is 0.426 e. The molecule has 0 spiro atoms. The first kappa shape index (κ1) is 16.0. The molecule has 0 saturated heterocycles. The average Bonchev–Trinajstić information content (AvgIpc) is 2.48. The number of anilines is 1. The Balaban J connectivity index is 2.31. The highest BCUT2D eigenvalue weighted by Crippen LogP contribution is 2.22. The minimum absolute atomic E-state index is 0.177. The van der Waals surface area contributed by atoms with Crippen molar-refractivity contribution in [1.82, 2.24) is 0 Å². The number of para-hydroxylation sites is 1. The molecule has 0 aliphatic rings.